The fourth-order valence-corrected chi connectivity index (χ4v) is 6.27. The third-order valence-corrected chi connectivity index (χ3v) is 8.73. The number of halogens is 6. The van der Waals surface area contributed by atoms with Crippen LogP contribution >= 0.6 is 0 Å². The van der Waals surface area contributed by atoms with E-state index in [4.69, 9.17) is 9.47 Å². The van der Waals surface area contributed by atoms with Gasteiger partial charge < -0.3 is 9.47 Å². The molecule has 5 rings (SSSR count). The second-order valence-electron chi connectivity index (χ2n) is 11.2. The van der Waals surface area contributed by atoms with Gasteiger partial charge in [0, 0.05) is 22.3 Å². The summed E-state index contributed by atoms with van der Waals surface area (Å²) in [6, 6.07) is 8.22. The summed E-state index contributed by atoms with van der Waals surface area (Å²) < 4.78 is 98.1. The van der Waals surface area contributed by atoms with Crippen LogP contribution in [0.2, 0.25) is 0 Å². The lowest BCUT2D eigenvalue weighted by Crippen LogP contribution is -2.27. The van der Waals surface area contributed by atoms with Crippen LogP contribution in [0.25, 0.3) is 16.7 Å². The first kappa shape index (κ1) is 30.2. The highest BCUT2D eigenvalue weighted by Crippen LogP contribution is 2.42. The first-order valence-electron chi connectivity index (χ1n) is 14.5. The van der Waals surface area contributed by atoms with Gasteiger partial charge in [0.1, 0.15) is 0 Å². The number of aryl methyl sites for hydroxylation is 1. The van der Waals surface area contributed by atoms with E-state index in [-0.39, 0.29) is 47.3 Å². The van der Waals surface area contributed by atoms with E-state index < -0.39 is 34.9 Å². The molecule has 0 aliphatic heterocycles. The zero-order valence-corrected chi connectivity index (χ0v) is 23.7. The minimum absolute atomic E-state index is 0.0225. The van der Waals surface area contributed by atoms with Crippen LogP contribution in [0.3, 0.4) is 0 Å². The number of benzene rings is 3. The molecule has 0 spiro atoms. The highest BCUT2D eigenvalue weighted by molar-refractivity contribution is 5.68. The molecule has 2 aliphatic rings. The third-order valence-electron chi connectivity index (χ3n) is 8.73. The molecule has 0 amide bonds. The lowest BCUT2D eigenvalue weighted by Gasteiger charge is -2.35. The van der Waals surface area contributed by atoms with Gasteiger partial charge in [0.05, 0.1) is 19.3 Å². The van der Waals surface area contributed by atoms with Crippen molar-refractivity contribution in [3.05, 3.63) is 94.1 Å². The predicted octanol–water partition coefficient (Wildman–Crippen LogP) is 9.85. The highest BCUT2D eigenvalue weighted by Gasteiger charge is 2.30. The van der Waals surface area contributed by atoms with Crippen LogP contribution < -0.4 is 4.74 Å². The van der Waals surface area contributed by atoms with Gasteiger partial charge in [0.15, 0.2) is 34.8 Å². The SMILES string of the molecule is CCOc1ccc(C2=CCC(C3CCC(OCc4ccc(-c5ccc(C)c(F)c5F)c(F)c4F)CC3)CC2)c(F)c1F. The van der Waals surface area contributed by atoms with Gasteiger partial charge in [-0.2, -0.15) is 4.39 Å². The molecule has 0 aromatic heterocycles. The average molecular weight is 589 g/mol. The Kier molecular flexibility index (Phi) is 9.31. The fourth-order valence-electron chi connectivity index (χ4n) is 6.27. The van der Waals surface area contributed by atoms with E-state index in [2.05, 4.69) is 0 Å². The first-order chi connectivity index (χ1) is 20.2. The highest BCUT2D eigenvalue weighted by atomic mass is 19.2. The Balaban J connectivity index is 1.14. The van der Waals surface area contributed by atoms with E-state index in [9.17, 15) is 26.3 Å². The van der Waals surface area contributed by atoms with E-state index in [1.807, 2.05) is 6.08 Å². The molecule has 42 heavy (non-hydrogen) atoms. The quantitative estimate of drug-likeness (QED) is 0.244. The molecule has 2 aliphatic carbocycles. The van der Waals surface area contributed by atoms with Crippen molar-refractivity contribution >= 4 is 5.57 Å². The second kappa shape index (κ2) is 12.9. The summed E-state index contributed by atoms with van der Waals surface area (Å²) in [5.74, 6) is -5.65. The van der Waals surface area contributed by atoms with Gasteiger partial charge in [-0.15, -0.1) is 0 Å². The molecular formula is C34H34F6O2. The maximum Gasteiger partial charge on any atom is 0.201 e. The minimum atomic E-state index is -1.24. The predicted molar refractivity (Wildman–Crippen MR) is 150 cm³/mol. The smallest absolute Gasteiger partial charge is 0.201 e. The lowest BCUT2D eigenvalue weighted by molar-refractivity contribution is -0.000995. The van der Waals surface area contributed by atoms with E-state index in [1.54, 1.807) is 13.0 Å². The molecule has 1 unspecified atom stereocenters. The molecule has 0 bridgehead atoms. The summed E-state index contributed by atoms with van der Waals surface area (Å²) in [7, 11) is 0. The van der Waals surface area contributed by atoms with Gasteiger partial charge in [-0.25, -0.2) is 22.0 Å². The molecule has 0 N–H and O–H groups in total. The molecular weight excluding hydrogens is 554 g/mol. The molecule has 3 aromatic carbocycles. The monoisotopic (exact) mass is 588 g/mol. The molecule has 2 nitrogen and oxygen atoms in total. The zero-order valence-electron chi connectivity index (χ0n) is 23.7. The van der Waals surface area contributed by atoms with Gasteiger partial charge in [0.2, 0.25) is 5.82 Å². The van der Waals surface area contributed by atoms with E-state index in [1.165, 1.54) is 37.3 Å². The van der Waals surface area contributed by atoms with Crippen LogP contribution in [0.4, 0.5) is 26.3 Å². The van der Waals surface area contributed by atoms with Crippen LogP contribution in [0.15, 0.2) is 42.5 Å². The largest absolute Gasteiger partial charge is 0.491 e. The molecule has 224 valence electrons. The Labute approximate surface area is 242 Å². The van der Waals surface area contributed by atoms with Crippen molar-refractivity contribution in [1.82, 2.24) is 0 Å². The molecule has 0 heterocycles. The molecule has 1 fully saturated rings. The zero-order chi connectivity index (χ0) is 30.0. The van der Waals surface area contributed by atoms with Crippen LogP contribution in [0.1, 0.15) is 68.6 Å². The maximum absolute atomic E-state index is 14.8. The maximum atomic E-state index is 14.8. The Morgan fingerprint density at radius 3 is 1.98 bits per heavy atom. The molecule has 0 saturated heterocycles. The lowest BCUT2D eigenvalue weighted by atomic mass is 9.73. The van der Waals surface area contributed by atoms with Crippen molar-refractivity contribution in [1.29, 1.82) is 0 Å². The molecule has 8 heteroatoms. The van der Waals surface area contributed by atoms with Crippen LogP contribution in [-0.4, -0.2) is 12.7 Å². The summed E-state index contributed by atoms with van der Waals surface area (Å²) in [5, 5.41) is 0. The van der Waals surface area contributed by atoms with Crippen LogP contribution in [0.5, 0.6) is 5.75 Å². The van der Waals surface area contributed by atoms with Gasteiger partial charge >= 0.3 is 0 Å². The van der Waals surface area contributed by atoms with Crippen molar-refractivity contribution in [2.75, 3.05) is 6.61 Å². The minimum Gasteiger partial charge on any atom is -0.491 e. The van der Waals surface area contributed by atoms with Gasteiger partial charge in [0.25, 0.3) is 0 Å². The number of ether oxygens (including phenoxy) is 2. The third kappa shape index (κ3) is 6.10. The van der Waals surface area contributed by atoms with Crippen LogP contribution in [-0.2, 0) is 11.3 Å². The number of rotatable bonds is 8. The summed E-state index contributed by atoms with van der Waals surface area (Å²) >= 11 is 0. The summed E-state index contributed by atoms with van der Waals surface area (Å²) in [4.78, 5) is 0. The van der Waals surface area contributed by atoms with E-state index in [0.717, 1.165) is 44.1 Å². The summed E-state index contributed by atoms with van der Waals surface area (Å²) in [6.45, 7) is 3.25. The van der Waals surface area contributed by atoms with Crippen molar-refractivity contribution < 1.29 is 35.8 Å². The van der Waals surface area contributed by atoms with Crippen molar-refractivity contribution in [2.45, 2.75) is 71.5 Å². The van der Waals surface area contributed by atoms with Gasteiger partial charge in [-0.3, -0.25) is 0 Å². The topological polar surface area (TPSA) is 18.5 Å². The van der Waals surface area contributed by atoms with Crippen molar-refractivity contribution in [2.24, 2.45) is 11.8 Å². The first-order valence-corrected chi connectivity index (χ1v) is 14.5. The Morgan fingerprint density at radius 2 is 1.31 bits per heavy atom. The van der Waals surface area contributed by atoms with Gasteiger partial charge in [-0.05, 0) is 93.9 Å². The molecule has 1 saturated carbocycles. The fraction of sp³-hybridized carbons (Fsp3) is 0.412. The molecule has 3 aromatic rings. The van der Waals surface area contributed by atoms with Crippen molar-refractivity contribution in [3.63, 3.8) is 0 Å². The Hall–Kier alpha value is -3.26. The van der Waals surface area contributed by atoms with Crippen molar-refractivity contribution in [3.8, 4) is 16.9 Å². The molecule has 0 radical (unpaired) electrons. The molecule has 1 atom stereocenters. The number of hydrogen-bond acceptors (Lipinski definition) is 2. The summed E-state index contributed by atoms with van der Waals surface area (Å²) in [6.07, 6.45) is 7.71. The standard InChI is InChI=1S/C34H34F6O2/c1-3-41-28-17-16-25(31(37)34(28)40)22-7-5-20(6-8-22)21-9-12-24(13-10-21)42-18-23-11-15-27(33(39)30(23)36)26-14-4-19(2)29(35)32(26)38/h4,7,11,14-17,20-21,24H,3,5-6,8-10,12-13,18H2,1-2H3. The Bertz CT molecular complexity index is 1480. The van der Waals surface area contributed by atoms with Crippen LogP contribution in [0, 0.1) is 53.7 Å². The average Bonchev–Trinajstić information content (AvgIpc) is 3.00. The number of allylic oxidation sites excluding steroid dienone is 2. The van der Waals surface area contributed by atoms with Gasteiger partial charge in [-0.1, -0.05) is 30.3 Å². The van der Waals surface area contributed by atoms with E-state index >= 15 is 0 Å². The summed E-state index contributed by atoms with van der Waals surface area (Å²) in [5.41, 5.74) is 0.541. The normalized spacial score (nSPS) is 20.9. The Morgan fingerprint density at radius 1 is 0.667 bits per heavy atom. The van der Waals surface area contributed by atoms with E-state index in [0.29, 0.717) is 23.8 Å². The second-order valence-corrected chi connectivity index (χ2v) is 11.2. The number of hydrogen-bond donors (Lipinski definition) is 0.